The van der Waals surface area contributed by atoms with Crippen LogP contribution in [0.15, 0.2) is 18.2 Å². The molecule has 0 bridgehead atoms. The fourth-order valence-electron chi connectivity index (χ4n) is 2.32. The Morgan fingerprint density at radius 1 is 1.42 bits per heavy atom. The molecule has 0 aliphatic carbocycles. The Morgan fingerprint density at radius 3 is 3.05 bits per heavy atom. The van der Waals surface area contributed by atoms with Crippen molar-refractivity contribution in [1.29, 1.82) is 5.26 Å². The molecule has 1 fully saturated rings. The molecule has 0 spiro atoms. The summed E-state index contributed by atoms with van der Waals surface area (Å²) in [4.78, 5) is 0. The summed E-state index contributed by atoms with van der Waals surface area (Å²) < 4.78 is 19.4. The van der Waals surface area contributed by atoms with Crippen molar-refractivity contribution in [2.75, 3.05) is 13.2 Å². The molecule has 4 heteroatoms. The SMILES string of the molecule is N#Cc1cccc(CNCCC2CCCCO2)c1F. The number of ether oxygens (including phenoxy) is 1. The predicted molar refractivity (Wildman–Crippen MR) is 71.0 cm³/mol. The Labute approximate surface area is 113 Å². The number of nitrogens with one attached hydrogen (secondary N) is 1. The topological polar surface area (TPSA) is 45.0 Å². The number of halogens is 1. The van der Waals surface area contributed by atoms with Gasteiger partial charge in [0, 0.05) is 18.7 Å². The molecule has 1 aromatic rings. The Balaban J connectivity index is 1.75. The third-order valence-corrected chi connectivity index (χ3v) is 3.43. The van der Waals surface area contributed by atoms with Gasteiger partial charge in [0.2, 0.25) is 0 Å². The van der Waals surface area contributed by atoms with Crippen molar-refractivity contribution in [2.45, 2.75) is 38.3 Å². The number of nitrogens with zero attached hydrogens (tertiary/aromatic N) is 1. The average Bonchev–Trinajstić information content (AvgIpc) is 2.46. The standard InChI is InChI=1S/C15H19FN2O/c16-15-12(10-17)4-3-5-13(15)11-18-8-7-14-6-1-2-9-19-14/h3-5,14,18H,1-2,6-9,11H2. The minimum atomic E-state index is -0.411. The second-order valence-electron chi connectivity index (χ2n) is 4.84. The normalized spacial score (nSPS) is 19.1. The zero-order chi connectivity index (χ0) is 13.5. The van der Waals surface area contributed by atoms with E-state index >= 15 is 0 Å². The maximum atomic E-state index is 13.8. The summed E-state index contributed by atoms with van der Waals surface area (Å²) in [7, 11) is 0. The van der Waals surface area contributed by atoms with Crippen molar-refractivity contribution in [2.24, 2.45) is 0 Å². The van der Waals surface area contributed by atoms with E-state index < -0.39 is 5.82 Å². The lowest BCUT2D eigenvalue weighted by Gasteiger charge is -2.22. The van der Waals surface area contributed by atoms with Gasteiger partial charge in [-0.05, 0) is 38.3 Å². The van der Waals surface area contributed by atoms with E-state index in [1.54, 1.807) is 12.1 Å². The van der Waals surface area contributed by atoms with Crippen LogP contribution in [-0.2, 0) is 11.3 Å². The highest BCUT2D eigenvalue weighted by Gasteiger charge is 2.13. The van der Waals surface area contributed by atoms with E-state index in [2.05, 4.69) is 5.32 Å². The summed E-state index contributed by atoms with van der Waals surface area (Å²) in [5.41, 5.74) is 0.651. The molecule has 2 rings (SSSR count). The van der Waals surface area contributed by atoms with E-state index in [0.717, 1.165) is 32.4 Å². The molecule has 1 atom stereocenters. The van der Waals surface area contributed by atoms with E-state index in [1.165, 1.54) is 12.5 Å². The fraction of sp³-hybridized carbons (Fsp3) is 0.533. The average molecular weight is 262 g/mol. The van der Waals surface area contributed by atoms with Crippen LogP contribution in [0.4, 0.5) is 4.39 Å². The van der Waals surface area contributed by atoms with Crippen molar-refractivity contribution in [3.63, 3.8) is 0 Å². The first kappa shape index (κ1) is 14.0. The zero-order valence-electron chi connectivity index (χ0n) is 11.0. The largest absolute Gasteiger partial charge is 0.378 e. The summed E-state index contributed by atoms with van der Waals surface area (Å²) in [6, 6.07) is 6.77. The Morgan fingerprint density at radius 2 is 2.32 bits per heavy atom. The number of rotatable bonds is 5. The van der Waals surface area contributed by atoms with E-state index in [-0.39, 0.29) is 5.56 Å². The molecule has 1 aromatic carbocycles. The number of benzene rings is 1. The van der Waals surface area contributed by atoms with Gasteiger partial charge in [0.1, 0.15) is 11.9 Å². The van der Waals surface area contributed by atoms with Crippen LogP contribution < -0.4 is 5.32 Å². The van der Waals surface area contributed by atoms with Crippen LogP contribution in [0, 0.1) is 17.1 Å². The summed E-state index contributed by atoms with van der Waals surface area (Å²) in [5, 5.41) is 12.0. The predicted octanol–water partition coefficient (Wildman–Crippen LogP) is 2.75. The van der Waals surface area contributed by atoms with E-state index in [0.29, 0.717) is 18.2 Å². The Kier molecular flexibility index (Phi) is 5.31. The first-order valence-corrected chi connectivity index (χ1v) is 6.81. The van der Waals surface area contributed by atoms with Gasteiger partial charge in [-0.25, -0.2) is 4.39 Å². The third-order valence-electron chi connectivity index (χ3n) is 3.43. The lowest BCUT2D eigenvalue weighted by atomic mass is 10.1. The molecule has 0 radical (unpaired) electrons. The molecule has 102 valence electrons. The van der Waals surface area contributed by atoms with Crippen LogP contribution >= 0.6 is 0 Å². The first-order valence-electron chi connectivity index (χ1n) is 6.81. The van der Waals surface area contributed by atoms with Crippen LogP contribution in [-0.4, -0.2) is 19.3 Å². The lowest BCUT2D eigenvalue weighted by Crippen LogP contribution is -2.25. The monoisotopic (exact) mass is 262 g/mol. The van der Waals surface area contributed by atoms with Gasteiger partial charge in [-0.2, -0.15) is 5.26 Å². The van der Waals surface area contributed by atoms with Crippen LogP contribution in [0.5, 0.6) is 0 Å². The minimum Gasteiger partial charge on any atom is -0.378 e. The molecular formula is C15H19FN2O. The van der Waals surface area contributed by atoms with Crippen molar-refractivity contribution in [3.05, 3.63) is 35.1 Å². The molecule has 1 N–H and O–H groups in total. The van der Waals surface area contributed by atoms with Gasteiger partial charge in [-0.3, -0.25) is 0 Å². The molecule has 1 unspecified atom stereocenters. The molecule has 3 nitrogen and oxygen atoms in total. The third kappa shape index (κ3) is 4.02. The van der Waals surface area contributed by atoms with Crippen molar-refractivity contribution < 1.29 is 9.13 Å². The minimum absolute atomic E-state index is 0.106. The second-order valence-corrected chi connectivity index (χ2v) is 4.84. The number of nitriles is 1. The molecule has 0 amide bonds. The molecule has 1 saturated heterocycles. The smallest absolute Gasteiger partial charge is 0.145 e. The van der Waals surface area contributed by atoms with Crippen LogP contribution in [0.25, 0.3) is 0 Å². The van der Waals surface area contributed by atoms with Gasteiger partial charge in [0.15, 0.2) is 0 Å². The molecule has 19 heavy (non-hydrogen) atoms. The molecular weight excluding hydrogens is 243 g/mol. The molecule has 0 aromatic heterocycles. The number of hydrogen-bond donors (Lipinski definition) is 1. The first-order chi connectivity index (χ1) is 9.31. The van der Waals surface area contributed by atoms with E-state index in [9.17, 15) is 4.39 Å². The Hall–Kier alpha value is -1.44. The van der Waals surface area contributed by atoms with Crippen LogP contribution in [0.3, 0.4) is 0 Å². The van der Waals surface area contributed by atoms with Gasteiger partial charge in [0.05, 0.1) is 11.7 Å². The highest BCUT2D eigenvalue weighted by molar-refractivity contribution is 5.34. The van der Waals surface area contributed by atoms with Crippen molar-refractivity contribution in [1.82, 2.24) is 5.32 Å². The maximum Gasteiger partial charge on any atom is 0.145 e. The fourth-order valence-corrected chi connectivity index (χ4v) is 2.32. The summed E-state index contributed by atoms with van der Waals surface area (Å²) in [6.45, 7) is 2.12. The van der Waals surface area contributed by atoms with Crippen LogP contribution in [0.2, 0.25) is 0 Å². The lowest BCUT2D eigenvalue weighted by molar-refractivity contribution is 0.0115. The van der Waals surface area contributed by atoms with Crippen LogP contribution in [0.1, 0.15) is 36.8 Å². The van der Waals surface area contributed by atoms with Gasteiger partial charge in [-0.15, -0.1) is 0 Å². The molecule has 1 aliphatic heterocycles. The molecule has 1 heterocycles. The highest BCUT2D eigenvalue weighted by Crippen LogP contribution is 2.15. The summed E-state index contributed by atoms with van der Waals surface area (Å²) in [5.74, 6) is -0.411. The summed E-state index contributed by atoms with van der Waals surface area (Å²) in [6.07, 6.45) is 4.83. The zero-order valence-corrected chi connectivity index (χ0v) is 11.0. The second kappa shape index (κ2) is 7.22. The van der Waals surface area contributed by atoms with Crippen molar-refractivity contribution in [3.8, 4) is 6.07 Å². The van der Waals surface area contributed by atoms with Crippen molar-refractivity contribution >= 4 is 0 Å². The van der Waals surface area contributed by atoms with Gasteiger partial charge in [0.25, 0.3) is 0 Å². The summed E-state index contributed by atoms with van der Waals surface area (Å²) >= 11 is 0. The quantitative estimate of drug-likeness (QED) is 0.830. The van der Waals surface area contributed by atoms with Gasteiger partial charge < -0.3 is 10.1 Å². The molecule has 0 saturated carbocycles. The molecule has 1 aliphatic rings. The Bertz CT molecular complexity index is 450. The van der Waals surface area contributed by atoms with E-state index in [4.69, 9.17) is 10.00 Å². The number of hydrogen-bond acceptors (Lipinski definition) is 3. The van der Waals surface area contributed by atoms with Gasteiger partial charge in [-0.1, -0.05) is 12.1 Å². The van der Waals surface area contributed by atoms with Gasteiger partial charge >= 0.3 is 0 Å². The maximum absolute atomic E-state index is 13.8. The van der Waals surface area contributed by atoms with E-state index in [1.807, 2.05) is 6.07 Å². The highest BCUT2D eigenvalue weighted by atomic mass is 19.1.